The molecule has 206 valence electrons. The van der Waals surface area contributed by atoms with E-state index in [9.17, 15) is 10.1 Å². The van der Waals surface area contributed by atoms with Gasteiger partial charge in [-0.15, -0.1) is 0 Å². The van der Waals surface area contributed by atoms with Gasteiger partial charge in [0.25, 0.3) is 5.56 Å². The van der Waals surface area contributed by atoms with Gasteiger partial charge in [-0.2, -0.15) is 15.2 Å². The first kappa shape index (κ1) is 26.2. The Morgan fingerprint density at radius 3 is 2.75 bits per heavy atom. The van der Waals surface area contributed by atoms with Gasteiger partial charge in [-0.05, 0) is 37.9 Å². The third kappa shape index (κ3) is 4.87. The lowest BCUT2D eigenvalue weighted by Crippen LogP contribution is -2.51. The summed E-state index contributed by atoms with van der Waals surface area (Å²) >= 11 is 0. The van der Waals surface area contributed by atoms with Gasteiger partial charge in [0, 0.05) is 43.5 Å². The number of nitrogens with one attached hydrogen (secondary N) is 1. The van der Waals surface area contributed by atoms with Crippen molar-refractivity contribution >= 4 is 27.6 Å². The largest absolute Gasteiger partial charge is 0.462 e. The molecule has 0 saturated carbocycles. The topological polar surface area (TPSA) is 112 Å². The van der Waals surface area contributed by atoms with Crippen molar-refractivity contribution in [2.24, 2.45) is 0 Å². The van der Waals surface area contributed by atoms with Crippen LogP contribution in [-0.2, 0) is 6.42 Å². The van der Waals surface area contributed by atoms with Crippen LogP contribution in [0.1, 0.15) is 32.0 Å². The van der Waals surface area contributed by atoms with Crippen LogP contribution in [-0.4, -0.2) is 76.3 Å². The summed E-state index contributed by atoms with van der Waals surface area (Å²) in [5.41, 5.74) is 1.25. The molecular weight excluding hydrogens is 504 g/mol. The molecule has 2 atom stereocenters. The number of rotatable bonds is 7. The fourth-order valence-corrected chi connectivity index (χ4v) is 5.88. The van der Waals surface area contributed by atoms with Gasteiger partial charge in [-0.3, -0.25) is 9.36 Å². The molecule has 0 spiro atoms. The minimum atomic E-state index is -0.242. The SMILES string of the molecule is CCc1nc2c(N3CCN[C@@H](CC#N)C3)nc(OC[C@@H]3CCCN3C)nc2c(=O)n1-c1cccc2ccccc12. The lowest BCUT2D eigenvalue weighted by molar-refractivity contribution is 0.188. The molecule has 1 N–H and O–H groups in total. The molecule has 0 unspecified atom stereocenters. The molecule has 10 nitrogen and oxygen atoms in total. The second-order valence-corrected chi connectivity index (χ2v) is 10.6. The Kier molecular flexibility index (Phi) is 7.32. The lowest BCUT2D eigenvalue weighted by atomic mass is 10.1. The third-order valence-corrected chi connectivity index (χ3v) is 8.04. The Bertz CT molecular complexity index is 1640. The van der Waals surface area contributed by atoms with E-state index in [-0.39, 0.29) is 29.2 Å². The zero-order valence-corrected chi connectivity index (χ0v) is 23.0. The minimum absolute atomic E-state index is 0.00182. The van der Waals surface area contributed by atoms with Gasteiger partial charge in [-0.25, -0.2) is 4.98 Å². The summed E-state index contributed by atoms with van der Waals surface area (Å²) in [6.07, 6.45) is 3.13. The number of anilines is 1. The number of nitrogens with zero attached hydrogens (tertiary/aromatic N) is 7. The standard InChI is InChI=1S/C30H34N8O2/c1-3-25-33-26-27(29(39)38(25)24-12-6-9-20-8-4-5-11-23(20)24)34-30(40-19-22-10-7-16-36(22)2)35-28(26)37-17-15-32-21(18-37)13-14-31/h4-6,8-9,11-12,21-22,32H,3,7,10,13,15-19H2,1-2H3/t21-,22-/m0/s1. The first-order chi connectivity index (χ1) is 19.6. The number of benzene rings is 2. The van der Waals surface area contributed by atoms with E-state index < -0.39 is 0 Å². The average Bonchev–Trinajstić information content (AvgIpc) is 3.40. The Morgan fingerprint density at radius 2 is 1.95 bits per heavy atom. The molecule has 2 aromatic heterocycles. The van der Waals surface area contributed by atoms with Crippen LogP contribution in [0.5, 0.6) is 6.01 Å². The number of aromatic nitrogens is 4. The van der Waals surface area contributed by atoms with E-state index in [0.29, 0.717) is 56.2 Å². The van der Waals surface area contributed by atoms with Crippen LogP contribution in [0, 0.1) is 11.3 Å². The number of likely N-dealkylation sites (N-methyl/N-ethyl adjacent to an activating group) is 1. The molecule has 2 saturated heterocycles. The van der Waals surface area contributed by atoms with Crippen LogP contribution < -0.4 is 20.5 Å². The molecule has 6 rings (SSSR count). The Balaban J connectivity index is 1.52. The molecule has 2 fully saturated rings. The summed E-state index contributed by atoms with van der Waals surface area (Å²) in [5, 5.41) is 14.7. The molecule has 4 aromatic rings. The molecule has 0 radical (unpaired) electrons. The monoisotopic (exact) mass is 538 g/mol. The highest BCUT2D eigenvalue weighted by Gasteiger charge is 2.27. The Hall–Kier alpha value is -4.07. The van der Waals surface area contributed by atoms with Gasteiger partial charge in [0.15, 0.2) is 11.3 Å². The highest BCUT2D eigenvalue weighted by Crippen LogP contribution is 2.28. The molecule has 10 heteroatoms. The highest BCUT2D eigenvalue weighted by molar-refractivity contribution is 5.91. The van der Waals surface area contributed by atoms with Crippen molar-refractivity contribution in [3.05, 3.63) is 58.6 Å². The Labute approximate surface area is 233 Å². The number of piperazine rings is 1. The predicted octanol–water partition coefficient (Wildman–Crippen LogP) is 3.06. The number of likely N-dealkylation sites (tertiary alicyclic amines) is 1. The quantitative estimate of drug-likeness (QED) is 0.379. The van der Waals surface area contributed by atoms with Crippen LogP contribution in [0.4, 0.5) is 5.82 Å². The van der Waals surface area contributed by atoms with Gasteiger partial charge in [0.2, 0.25) is 0 Å². The smallest absolute Gasteiger partial charge is 0.319 e. The van der Waals surface area contributed by atoms with Crippen LogP contribution in [0.3, 0.4) is 0 Å². The molecule has 0 amide bonds. The van der Waals surface area contributed by atoms with Crippen molar-refractivity contribution in [2.75, 3.05) is 44.7 Å². The summed E-state index contributed by atoms with van der Waals surface area (Å²) in [5.74, 6) is 1.23. The van der Waals surface area contributed by atoms with Crippen LogP contribution >= 0.6 is 0 Å². The summed E-state index contributed by atoms with van der Waals surface area (Å²) in [7, 11) is 2.10. The fraction of sp³-hybridized carbons (Fsp3) is 0.433. The molecule has 2 aliphatic rings. The molecule has 40 heavy (non-hydrogen) atoms. The maximum Gasteiger partial charge on any atom is 0.319 e. The molecule has 0 bridgehead atoms. The van der Waals surface area contributed by atoms with Crippen molar-refractivity contribution in [1.29, 1.82) is 5.26 Å². The zero-order chi connectivity index (χ0) is 27.6. The summed E-state index contributed by atoms with van der Waals surface area (Å²) in [6, 6.07) is 16.7. The second-order valence-electron chi connectivity index (χ2n) is 10.6. The molecular formula is C30H34N8O2. The first-order valence-corrected chi connectivity index (χ1v) is 14.1. The van der Waals surface area contributed by atoms with Gasteiger partial charge in [0.05, 0.1) is 18.2 Å². The number of nitriles is 1. The van der Waals surface area contributed by atoms with Crippen molar-refractivity contribution in [1.82, 2.24) is 29.7 Å². The summed E-state index contributed by atoms with van der Waals surface area (Å²) in [6.45, 7) is 5.46. The maximum atomic E-state index is 14.3. The Morgan fingerprint density at radius 1 is 1.10 bits per heavy atom. The first-order valence-electron chi connectivity index (χ1n) is 14.1. The van der Waals surface area contributed by atoms with Crippen LogP contribution in [0.15, 0.2) is 47.3 Å². The molecule has 2 aromatic carbocycles. The van der Waals surface area contributed by atoms with Crippen molar-refractivity contribution in [2.45, 2.75) is 44.7 Å². The van der Waals surface area contributed by atoms with E-state index in [2.05, 4.69) is 33.2 Å². The average molecular weight is 539 g/mol. The van der Waals surface area contributed by atoms with Gasteiger partial charge < -0.3 is 19.9 Å². The highest BCUT2D eigenvalue weighted by atomic mass is 16.5. The summed E-state index contributed by atoms with van der Waals surface area (Å²) in [4.78, 5) is 33.2. The maximum absolute atomic E-state index is 14.3. The predicted molar refractivity (Wildman–Crippen MR) is 155 cm³/mol. The van der Waals surface area contributed by atoms with E-state index in [1.807, 2.05) is 49.4 Å². The van der Waals surface area contributed by atoms with Gasteiger partial charge >= 0.3 is 6.01 Å². The van der Waals surface area contributed by atoms with Gasteiger partial charge in [-0.1, -0.05) is 43.3 Å². The molecule has 0 aliphatic carbocycles. The van der Waals surface area contributed by atoms with Gasteiger partial charge in [0.1, 0.15) is 17.9 Å². The van der Waals surface area contributed by atoms with Crippen molar-refractivity contribution < 1.29 is 4.74 Å². The van der Waals surface area contributed by atoms with Crippen LogP contribution in [0.2, 0.25) is 0 Å². The minimum Gasteiger partial charge on any atom is -0.462 e. The number of aryl methyl sites for hydroxylation is 1. The number of hydrogen-bond acceptors (Lipinski definition) is 9. The lowest BCUT2D eigenvalue weighted by Gasteiger charge is -2.34. The van der Waals surface area contributed by atoms with Crippen LogP contribution in [0.25, 0.3) is 27.5 Å². The van der Waals surface area contributed by atoms with Crippen molar-refractivity contribution in [3.8, 4) is 17.8 Å². The van der Waals surface area contributed by atoms with E-state index in [0.717, 1.165) is 35.8 Å². The third-order valence-electron chi connectivity index (χ3n) is 8.04. The number of hydrogen-bond donors (Lipinski definition) is 1. The zero-order valence-electron chi connectivity index (χ0n) is 23.0. The summed E-state index contributed by atoms with van der Waals surface area (Å²) < 4.78 is 7.85. The van der Waals surface area contributed by atoms with E-state index >= 15 is 0 Å². The fourth-order valence-electron chi connectivity index (χ4n) is 5.88. The molecule has 2 aliphatic heterocycles. The van der Waals surface area contributed by atoms with E-state index in [1.165, 1.54) is 0 Å². The van der Waals surface area contributed by atoms with E-state index in [4.69, 9.17) is 14.7 Å². The van der Waals surface area contributed by atoms with Crippen molar-refractivity contribution in [3.63, 3.8) is 0 Å². The number of fused-ring (bicyclic) bond motifs is 2. The second kappa shape index (κ2) is 11.2. The normalized spacial score (nSPS) is 19.8. The number of ether oxygens (including phenoxy) is 1. The van der Waals surface area contributed by atoms with E-state index in [1.54, 1.807) is 4.57 Å². The molecule has 4 heterocycles.